The number of nitrogens with zero attached hydrogens (tertiary/aromatic N) is 2. The first kappa shape index (κ1) is 20.7. The summed E-state index contributed by atoms with van der Waals surface area (Å²) in [7, 11) is 0. The molecule has 7 heteroatoms. The quantitative estimate of drug-likeness (QED) is 0.740. The van der Waals surface area contributed by atoms with E-state index < -0.39 is 18.0 Å². The molecule has 2 heterocycles. The molecule has 1 aliphatic rings. The van der Waals surface area contributed by atoms with Gasteiger partial charge in [-0.1, -0.05) is 13.8 Å². The molecule has 1 atom stereocenters. The molecule has 154 valence electrons. The van der Waals surface area contributed by atoms with E-state index in [1.807, 2.05) is 25.2 Å². The third kappa shape index (κ3) is 3.90. The minimum Gasteiger partial charge on any atom is -0.462 e. The van der Waals surface area contributed by atoms with E-state index in [2.05, 4.69) is 4.98 Å². The average molecular weight is 394 g/mol. The Morgan fingerprint density at radius 2 is 2.00 bits per heavy atom. The van der Waals surface area contributed by atoms with Crippen LogP contribution in [0.4, 0.5) is 8.78 Å². The van der Waals surface area contributed by atoms with Crippen LogP contribution < -0.4 is 0 Å². The summed E-state index contributed by atoms with van der Waals surface area (Å²) in [5.74, 6) is -3.25. The van der Waals surface area contributed by atoms with E-state index >= 15 is 0 Å². The monoisotopic (exact) mass is 394 g/mol. The van der Waals surface area contributed by atoms with Crippen molar-refractivity contribution in [2.45, 2.75) is 71.3 Å². The molecule has 1 saturated carbocycles. The number of ether oxygens (including phenoxy) is 1. The van der Waals surface area contributed by atoms with E-state index in [0.29, 0.717) is 16.9 Å². The molecule has 0 aromatic carbocycles. The minimum absolute atomic E-state index is 0.0417. The van der Waals surface area contributed by atoms with Gasteiger partial charge in [0.25, 0.3) is 0 Å². The molecule has 3 rings (SSSR count). The van der Waals surface area contributed by atoms with Gasteiger partial charge in [-0.2, -0.15) is 0 Å². The van der Waals surface area contributed by atoms with E-state index in [1.165, 1.54) is 0 Å². The topological polar surface area (TPSA) is 63.8 Å². The maximum atomic E-state index is 13.5. The van der Waals surface area contributed by atoms with Crippen LogP contribution in [-0.2, 0) is 4.74 Å². The summed E-state index contributed by atoms with van der Waals surface area (Å²) in [4.78, 5) is 16.8. The second kappa shape index (κ2) is 7.78. The maximum absolute atomic E-state index is 13.5. The normalized spacial score (nSPS) is 18.6. The molecular weight excluding hydrogens is 366 g/mol. The Kier molecular flexibility index (Phi) is 5.75. The zero-order valence-corrected chi connectivity index (χ0v) is 16.8. The van der Waals surface area contributed by atoms with Crippen molar-refractivity contribution in [3.8, 4) is 0 Å². The van der Waals surface area contributed by atoms with Gasteiger partial charge in [-0.05, 0) is 50.7 Å². The second-order valence-corrected chi connectivity index (χ2v) is 7.97. The number of rotatable bonds is 5. The maximum Gasteiger partial charge on any atom is 0.338 e. The molecule has 1 N–H and O–H groups in total. The first-order chi connectivity index (χ1) is 13.1. The summed E-state index contributed by atoms with van der Waals surface area (Å²) in [6.07, 6.45) is -0.726. The first-order valence-electron chi connectivity index (χ1n) is 9.90. The van der Waals surface area contributed by atoms with Crippen LogP contribution in [0.25, 0.3) is 5.65 Å². The number of hydrogen-bond donors (Lipinski definition) is 1. The largest absolute Gasteiger partial charge is 0.462 e. The number of aromatic nitrogens is 2. The van der Waals surface area contributed by atoms with Crippen molar-refractivity contribution in [3.63, 3.8) is 0 Å². The van der Waals surface area contributed by atoms with Crippen LogP contribution in [-0.4, -0.2) is 33.0 Å². The Balaban J connectivity index is 2.05. The second-order valence-electron chi connectivity index (χ2n) is 7.97. The number of pyridine rings is 1. The highest BCUT2D eigenvalue weighted by atomic mass is 19.3. The minimum atomic E-state index is -2.64. The highest BCUT2D eigenvalue weighted by molar-refractivity contribution is 5.90. The summed E-state index contributed by atoms with van der Waals surface area (Å²) < 4.78 is 34.0. The van der Waals surface area contributed by atoms with Gasteiger partial charge in [-0.15, -0.1) is 0 Å². The zero-order chi connectivity index (χ0) is 20.6. The fourth-order valence-corrected chi connectivity index (χ4v) is 4.05. The van der Waals surface area contributed by atoms with Gasteiger partial charge in [0.15, 0.2) is 0 Å². The van der Waals surface area contributed by atoms with Crippen molar-refractivity contribution in [2.24, 2.45) is 5.92 Å². The Labute approximate surface area is 163 Å². The van der Waals surface area contributed by atoms with Crippen LogP contribution in [0.3, 0.4) is 0 Å². The van der Waals surface area contributed by atoms with Crippen molar-refractivity contribution in [1.29, 1.82) is 0 Å². The number of esters is 1. The van der Waals surface area contributed by atoms with Crippen LogP contribution in [0.15, 0.2) is 12.1 Å². The number of hydrogen-bond acceptors (Lipinski definition) is 4. The third-order valence-corrected chi connectivity index (χ3v) is 5.52. The lowest BCUT2D eigenvalue weighted by atomic mass is 9.81. The number of fused-ring (bicyclic) bond motifs is 1. The van der Waals surface area contributed by atoms with Crippen LogP contribution in [0.1, 0.15) is 85.9 Å². The molecular formula is C21H28F2N2O3. The van der Waals surface area contributed by atoms with Crippen LogP contribution >= 0.6 is 0 Å². The number of carbonyl (C=O) groups excluding carboxylic acids is 1. The van der Waals surface area contributed by atoms with Crippen molar-refractivity contribution in [3.05, 3.63) is 34.8 Å². The van der Waals surface area contributed by atoms with Gasteiger partial charge < -0.3 is 9.84 Å². The standard InChI is InChI=1S/C21H28F2N2O3/c1-5-28-20(27)15-10-13(4)25-16(11-15)24-17(12(2)3)18(25)19(26)14-6-8-21(22,23)9-7-14/h10-12,14,19,26H,5-9H2,1-4H3. The van der Waals surface area contributed by atoms with E-state index in [4.69, 9.17) is 4.74 Å². The smallest absolute Gasteiger partial charge is 0.338 e. The van der Waals surface area contributed by atoms with Crippen molar-refractivity contribution >= 4 is 11.6 Å². The fraction of sp³-hybridized carbons (Fsp3) is 0.619. The fourth-order valence-electron chi connectivity index (χ4n) is 4.05. The van der Waals surface area contributed by atoms with Crippen LogP contribution in [0.2, 0.25) is 0 Å². The molecule has 0 spiro atoms. The Morgan fingerprint density at radius 3 is 2.57 bits per heavy atom. The lowest BCUT2D eigenvalue weighted by Crippen LogP contribution is -2.28. The molecule has 2 aromatic heterocycles. The molecule has 0 saturated heterocycles. The summed E-state index contributed by atoms with van der Waals surface area (Å²) >= 11 is 0. The lowest BCUT2D eigenvalue weighted by Gasteiger charge is -2.31. The number of aliphatic hydroxyl groups is 1. The molecule has 0 amide bonds. The molecule has 28 heavy (non-hydrogen) atoms. The molecule has 0 radical (unpaired) electrons. The van der Waals surface area contributed by atoms with Gasteiger partial charge in [0.05, 0.1) is 29.7 Å². The van der Waals surface area contributed by atoms with Crippen molar-refractivity contribution in [1.82, 2.24) is 9.38 Å². The first-order valence-corrected chi connectivity index (χ1v) is 9.90. The van der Waals surface area contributed by atoms with E-state index in [-0.39, 0.29) is 44.1 Å². The molecule has 1 unspecified atom stereocenters. The number of imidazole rings is 1. The number of alkyl halides is 2. The highest BCUT2D eigenvalue weighted by Crippen LogP contribution is 2.43. The SMILES string of the molecule is CCOC(=O)c1cc(C)n2c(C(O)C3CCC(F)(F)CC3)c(C(C)C)nc2c1. The Hall–Kier alpha value is -2.02. The molecule has 5 nitrogen and oxygen atoms in total. The molecule has 1 aliphatic carbocycles. The van der Waals surface area contributed by atoms with Crippen molar-refractivity contribution in [2.75, 3.05) is 6.61 Å². The summed E-state index contributed by atoms with van der Waals surface area (Å²) in [5.41, 5.74) is 3.09. The van der Waals surface area contributed by atoms with Crippen LogP contribution in [0, 0.1) is 12.8 Å². The van der Waals surface area contributed by atoms with Gasteiger partial charge in [-0.25, -0.2) is 18.6 Å². The van der Waals surface area contributed by atoms with Gasteiger partial charge in [-0.3, -0.25) is 4.40 Å². The Bertz CT molecular complexity index is 866. The number of carbonyl (C=O) groups is 1. The van der Waals surface area contributed by atoms with E-state index in [1.54, 1.807) is 19.1 Å². The zero-order valence-electron chi connectivity index (χ0n) is 16.8. The lowest BCUT2D eigenvalue weighted by molar-refractivity contribution is -0.0634. The number of halogens is 2. The van der Waals surface area contributed by atoms with Gasteiger partial charge in [0, 0.05) is 18.5 Å². The van der Waals surface area contributed by atoms with Gasteiger partial charge in [0.1, 0.15) is 5.65 Å². The molecule has 2 aromatic rings. The number of aryl methyl sites for hydroxylation is 1. The van der Waals surface area contributed by atoms with Crippen molar-refractivity contribution < 1.29 is 23.4 Å². The highest BCUT2D eigenvalue weighted by Gasteiger charge is 2.39. The summed E-state index contributed by atoms with van der Waals surface area (Å²) in [5, 5.41) is 11.1. The predicted molar refractivity (Wildman–Crippen MR) is 102 cm³/mol. The van der Waals surface area contributed by atoms with Gasteiger partial charge >= 0.3 is 5.97 Å². The average Bonchev–Trinajstić information content (AvgIpc) is 3.01. The summed E-state index contributed by atoms with van der Waals surface area (Å²) in [6, 6.07) is 3.37. The molecule has 0 bridgehead atoms. The van der Waals surface area contributed by atoms with E-state index in [0.717, 1.165) is 11.4 Å². The number of aliphatic hydroxyl groups excluding tert-OH is 1. The third-order valence-electron chi connectivity index (χ3n) is 5.52. The summed E-state index contributed by atoms with van der Waals surface area (Å²) in [6.45, 7) is 7.83. The van der Waals surface area contributed by atoms with Gasteiger partial charge in [0.2, 0.25) is 5.92 Å². The molecule has 0 aliphatic heterocycles. The van der Waals surface area contributed by atoms with E-state index in [9.17, 15) is 18.7 Å². The predicted octanol–water partition coefficient (Wildman–Crippen LogP) is 4.80. The Morgan fingerprint density at radius 1 is 1.36 bits per heavy atom. The van der Waals surface area contributed by atoms with Crippen LogP contribution in [0.5, 0.6) is 0 Å². The molecule has 1 fully saturated rings.